The number of phenolic OH excluding ortho intramolecular Hbond substituents is 2. The van der Waals surface area contributed by atoms with Crippen LogP contribution >= 0.6 is 0 Å². The monoisotopic (exact) mass is 220 g/mol. The minimum Gasteiger partial charge on any atom is -0.508 e. The van der Waals surface area contributed by atoms with Gasteiger partial charge < -0.3 is 10.2 Å². The van der Waals surface area contributed by atoms with E-state index in [1.807, 2.05) is 20.8 Å². The third-order valence-corrected chi connectivity index (χ3v) is 2.73. The number of aromatic hydroxyl groups is 2. The van der Waals surface area contributed by atoms with E-state index in [4.69, 9.17) is 0 Å². The average molecular weight is 220 g/mol. The van der Waals surface area contributed by atoms with Crippen LogP contribution in [0.1, 0.15) is 37.0 Å². The van der Waals surface area contributed by atoms with Gasteiger partial charge in [0.1, 0.15) is 11.5 Å². The van der Waals surface area contributed by atoms with Crippen molar-refractivity contribution in [2.75, 3.05) is 0 Å². The van der Waals surface area contributed by atoms with Gasteiger partial charge in [-0.25, -0.2) is 0 Å². The molecule has 0 atom stereocenters. The topological polar surface area (TPSA) is 40.5 Å². The summed E-state index contributed by atoms with van der Waals surface area (Å²) in [5, 5.41) is 19.9. The van der Waals surface area contributed by atoms with E-state index < -0.39 is 0 Å². The first-order chi connectivity index (χ1) is 7.47. The quantitative estimate of drug-likeness (QED) is 0.602. The van der Waals surface area contributed by atoms with Crippen LogP contribution in [0.3, 0.4) is 0 Å². The molecule has 1 aromatic rings. The first-order valence-corrected chi connectivity index (χ1v) is 5.65. The number of allylic oxidation sites excluding steroid dienone is 1. The van der Waals surface area contributed by atoms with Crippen molar-refractivity contribution in [3.63, 3.8) is 0 Å². The Morgan fingerprint density at radius 2 is 2.00 bits per heavy atom. The highest BCUT2D eigenvalue weighted by atomic mass is 16.3. The largest absolute Gasteiger partial charge is 0.508 e. The molecule has 0 aliphatic heterocycles. The minimum absolute atomic E-state index is 0.266. The second-order valence-electron chi connectivity index (χ2n) is 4.39. The lowest BCUT2D eigenvalue weighted by Crippen LogP contribution is -1.96. The highest BCUT2D eigenvalue weighted by Crippen LogP contribution is 2.34. The van der Waals surface area contributed by atoms with Crippen molar-refractivity contribution in [2.24, 2.45) is 0 Å². The first kappa shape index (κ1) is 12.6. The molecule has 0 aromatic heterocycles. The van der Waals surface area contributed by atoms with Crippen LogP contribution in [0.4, 0.5) is 0 Å². The van der Waals surface area contributed by atoms with Gasteiger partial charge >= 0.3 is 0 Å². The van der Waals surface area contributed by atoms with Crippen LogP contribution in [0.15, 0.2) is 18.2 Å². The Balaban J connectivity index is 3.22. The highest BCUT2D eigenvalue weighted by molar-refractivity contribution is 5.53. The first-order valence-electron chi connectivity index (χ1n) is 5.65. The Morgan fingerprint density at radius 1 is 1.38 bits per heavy atom. The smallest absolute Gasteiger partial charge is 0.122 e. The van der Waals surface area contributed by atoms with Gasteiger partial charge in [-0.1, -0.05) is 25.5 Å². The lowest BCUT2D eigenvalue weighted by Gasteiger charge is -2.14. The summed E-state index contributed by atoms with van der Waals surface area (Å²) in [6.45, 7) is 9.63. The number of phenols is 2. The molecule has 0 radical (unpaired) electrons. The molecule has 0 heterocycles. The number of aryl methyl sites for hydroxylation is 1. The number of benzene rings is 1. The second-order valence-corrected chi connectivity index (χ2v) is 4.39. The van der Waals surface area contributed by atoms with Gasteiger partial charge in [-0.3, -0.25) is 0 Å². The molecule has 88 valence electrons. The normalized spacial score (nSPS) is 10.4. The van der Waals surface area contributed by atoms with Gasteiger partial charge in [0.15, 0.2) is 0 Å². The maximum atomic E-state index is 10.0. The highest BCUT2D eigenvalue weighted by Gasteiger charge is 2.13. The Kier molecular flexibility index (Phi) is 3.99. The molecule has 2 nitrogen and oxygen atoms in total. The summed E-state index contributed by atoms with van der Waals surface area (Å²) in [6, 6.07) is 1.67. The fourth-order valence-corrected chi connectivity index (χ4v) is 1.88. The van der Waals surface area contributed by atoms with Crippen LogP contribution in [0.2, 0.25) is 0 Å². The summed E-state index contributed by atoms with van der Waals surface area (Å²) in [4.78, 5) is 0. The molecule has 0 bridgehead atoms. The summed E-state index contributed by atoms with van der Waals surface area (Å²) < 4.78 is 0. The molecule has 2 heteroatoms. The van der Waals surface area contributed by atoms with E-state index in [0.29, 0.717) is 12.2 Å². The Labute approximate surface area is 97.2 Å². The molecule has 0 aliphatic carbocycles. The predicted molar refractivity (Wildman–Crippen MR) is 67.0 cm³/mol. The van der Waals surface area contributed by atoms with Crippen LogP contribution in [0.25, 0.3) is 0 Å². The molecule has 0 saturated heterocycles. The minimum atomic E-state index is 0.266. The fourth-order valence-electron chi connectivity index (χ4n) is 1.88. The third kappa shape index (κ3) is 2.57. The zero-order chi connectivity index (χ0) is 12.3. The Bertz CT molecular complexity index is 406. The zero-order valence-electron chi connectivity index (χ0n) is 10.3. The summed E-state index contributed by atoms with van der Waals surface area (Å²) >= 11 is 0. The molecule has 1 rings (SSSR count). The number of rotatable bonds is 4. The second kappa shape index (κ2) is 5.06. The van der Waals surface area contributed by atoms with Gasteiger partial charge in [0.05, 0.1) is 0 Å². The van der Waals surface area contributed by atoms with Gasteiger partial charge in [-0.05, 0) is 43.9 Å². The van der Waals surface area contributed by atoms with Crippen LogP contribution in [0, 0.1) is 6.92 Å². The van der Waals surface area contributed by atoms with E-state index in [0.717, 1.165) is 35.1 Å². The molecule has 16 heavy (non-hydrogen) atoms. The standard InChI is InChI=1S/C14H20O2/c1-5-6-11-8-13(15)12(7-9(2)3)10(4)14(11)16/h8,15-16H,2,5-7H2,1,3-4H3. The van der Waals surface area contributed by atoms with Crippen molar-refractivity contribution in [3.8, 4) is 11.5 Å². The third-order valence-electron chi connectivity index (χ3n) is 2.73. The zero-order valence-corrected chi connectivity index (χ0v) is 10.3. The van der Waals surface area contributed by atoms with Gasteiger partial charge in [0.2, 0.25) is 0 Å². The molecule has 0 amide bonds. The maximum absolute atomic E-state index is 10.0. The summed E-state index contributed by atoms with van der Waals surface area (Å²) in [5.41, 5.74) is 3.35. The molecule has 0 unspecified atom stereocenters. The molecule has 0 saturated carbocycles. The predicted octanol–water partition coefficient (Wildman–Crippen LogP) is 3.48. The molecule has 0 fully saturated rings. The van der Waals surface area contributed by atoms with E-state index in [2.05, 4.69) is 6.58 Å². The number of hydrogen-bond acceptors (Lipinski definition) is 2. The van der Waals surface area contributed by atoms with Crippen LogP contribution < -0.4 is 0 Å². The van der Waals surface area contributed by atoms with Gasteiger partial charge in [-0.15, -0.1) is 0 Å². The van der Waals surface area contributed by atoms with Crippen LogP contribution in [-0.4, -0.2) is 10.2 Å². The van der Waals surface area contributed by atoms with E-state index in [-0.39, 0.29) is 5.75 Å². The van der Waals surface area contributed by atoms with Crippen LogP contribution in [0.5, 0.6) is 11.5 Å². The van der Waals surface area contributed by atoms with E-state index in [1.165, 1.54) is 0 Å². The van der Waals surface area contributed by atoms with Crippen LogP contribution in [-0.2, 0) is 12.8 Å². The lowest BCUT2D eigenvalue weighted by molar-refractivity contribution is 0.445. The Morgan fingerprint density at radius 3 is 2.50 bits per heavy atom. The number of hydrogen-bond donors (Lipinski definition) is 2. The van der Waals surface area contributed by atoms with E-state index in [1.54, 1.807) is 6.07 Å². The SMILES string of the molecule is C=C(C)Cc1c(O)cc(CCC)c(O)c1C. The van der Waals surface area contributed by atoms with Gasteiger partial charge in [0, 0.05) is 5.56 Å². The van der Waals surface area contributed by atoms with Crippen molar-refractivity contribution in [2.45, 2.75) is 40.0 Å². The maximum Gasteiger partial charge on any atom is 0.122 e. The molecule has 1 aromatic carbocycles. The fraction of sp³-hybridized carbons (Fsp3) is 0.429. The Hall–Kier alpha value is -1.44. The molecule has 2 N–H and O–H groups in total. The van der Waals surface area contributed by atoms with E-state index in [9.17, 15) is 10.2 Å². The summed E-state index contributed by atoms with van der Waals surface area (Å²) in [6.07, 6.45) is 2.34. The van der Waals surface area contributed by atoms with E-state index >= 15 is 0 Å². The van der Waals surface area contributed by atoms with Gasteiger partial charge in [-0.2, -0.15) is 0 Å². The van der Waals surface area contributed by atoms with Crippen molar-refractivity contribution >= 4 is 0 Å². The molecule has 0 aliphatic rings. The van der Waals surface area contributed by atoms with Gasteiger partial charge in [0.25, 0.3) is 0 Å². The van der Waals surface area contributed by atoms with Crippen molar-refractivity contribution < 1.29 is 10.2 Å². The van der Waals surface area contributed by atoms with Crippen molar-refractivity contribution in [3.05, 3.63) is 34.9 Å². The molecular weight excluding hydrogens is 200 g/mol. The molecule has 0 spiro atoms. The lowest BCUT2D eigenvalue weighted by atomic mass is 9.95. The molecular formula is C14H20O2. The summed E-state index contributed by atoms with van der Waals surface area (Å²) in [5.74, 6) is 0.581. The van der Waals surface area contributed by atoms with Crippen molar-refractivity contribution in [1.82, 2.24) is 0 Å². The summed E-state index contributed by atoms with van der Waals surface area (Å²) in [7, 11) is 0. The van der Waals surface area contributed by atoms with Crippen molar-refractivity contribution in [1.29, 1.82) is 0 Å². The average Bonchev–Trinajstić information content (AvgIpc) is 2.21.